The van der Waals surface area contributed by atoms with Gasteiger partial charge in [-0.3, -0.25) is 34.2 Å². The van der Waals surface area contributed by atoms with Crippen LogP contribution in [0.2, 0.25) is 0 Å². The normalized spacial score (nSPS) is 24.3. The average Bonchev–Trinajstić information content (AvgIpc) is 3.30. The van der Waals surface area contributed by atoms with Crippen molar-refractivity contribution in [1.82, 2.24) is 15.1 Å². The van der Waals surface area contributed by atoms with Gasteiger partial charge in [0.1, 0.15) is 6.04 Å². The molecule has 30 heavy (non-hydrogen) atoms. The van der Waals surface area contributed by atoms with Crippen LogP contribution in [0.4, 0.5) is 5.69 Å². The van der Waals surface area contributed by atoms with Crippen molar-refractivity contribution in [2.45, 2.75) is 50.1 Å². The van der Waals surface area contributed by atoms with Crippen molar-refractivity contribution in [3.63, 3.8) is 0 Å². The van der Waals surface area contributed by atoms with Crippen molar-refractivity contribution < 1.29 is 24.0 Å². The van der Waals surface area contributed by atoms with E-state index in [0.29, 0.717) is 5.69 Å². The number of piperidine rings is 1. The third kappa shape index (κ3) is 2.79. The third-order valence-corrected chi connectivity index (χ3v) is 6.62. The molecule has 1 aromatic rings. The number of imide groups is 2. The Morgan fingerprint density at radius 2 is 1.93 bits per heavy atom. The van der Waals surface area contributed by atoms with Crippen LogP contribution in [0.1, 0.15) is 59.2 Å². The smallest absolute Gasteiger partial charge is 0.264 e. The molecule has 0 aromatic heterocycles. The Kier molecular flexibility index (Phi) is 4.16. The lowest BCUT2D eigenvalue weighted by molar-refractivity contribution is -0.136. The maximum Gasteiger partial charge on any atom is 0.264 e. The van der Waals surface area contributed by atoms with E-state index >= 15 is 0 Å². The van der Waals surface area contributed by atoms with Gasteiger partial charge in [0.25, 0.3) is 11.8 Å². The van der Waals surface area contributed by atoms with Crippen LogP contribution in [-0.4, -0.2) is 64.0 Å². The molecular formula is C21H22N4O5. The van der Waals surface area contributed by atoms with E-state index < -0.39 is 29.7 Å². The van der Waals surface area contributed by atoms with E-state index in [9.17, 15) is 24.0 Å². The maximum atomic E-state index is 13.1. The molecule has 1 aromatic carbocycles. The van der Waals surface area contributed by atoms with Crippen molar-refractivity contribution in [1.29, 1.82) is 0 Å². The van der Waals surface area contributed by atoms with Crippen molar-refractivity contribution in [2.24, 2.45) is 0 Å². The van der Waals surface area contributed by atoms with Crippen LogP contribution >= 0.6 is 0 Å². The first-order valence-corrected chi connectivity index (χ1v) is 10.3. The first-order valence-electron chi connectivity index (χ1n) is 10.3. The first kappa shape index (κ1) is 18.8. The number of hydrogen-bond donors (Lipinski definition) is 2. The summed E-state index contributed by atoms with van der Waals surface area (Å²) in [7, 11) is 0. The van der Waals surface area contributed by atoms with Crippen molar-refractivity contribution in [2.75, 3.05) is 18.4 Å². The number of rotatable bonds is 4. The molecular weight excluding hydrogens is 388 g/mol. The minimum absolute atomic E-state index is 0.0126. The fraction of sp³-hybridized carbons (Fsp3) is 0.476. The molecule has 9 heteroatoms. The Morgan fingerprint density at radius 3 is 2.67 bits per heavy atom. The topological polar surface area (TPSA) is 116 Å². The summed E-state index contributed by atoms with van der Waals surface area (Å²) in [6.07, 6.45) is 4.34. The molecule has 156 valence electrons. The molecule has 3 aliphatic heterocycles. The van der Waals surface area contributed by atoms with E-state index in [1.54, 1.807) is 12.1 Å². The average molecular weight is 410 g/mol. The fourth-order valence-electron chi connectivity index (χ4n) is 4.92. The molecule has 3 fully saturated rings. The van der Waals surface area contributed by atoms with Crippen LogP contribution < -0.4 is 10.6 Å². The van der Waals surface area contributed by atoms with Crippen LogP contribution in [0.3, 0.4) is 0 Å². The van der Waals surface area contributed by atoms with Crippen molar-refractivity contribution in [3.05, 3.63) is 29.3 Å². The van der Waals surface area contributed by atoms with E-state index in [0.717, 1.165) is 37.1 Å². The number of fused-ring (bicyclic) bond motifs is 1. The van der Waals surface area contributed by atoms with Gasteiger partial charge in [0.2, 0.25) is 17.7 Å². The number of hydrogen-bond acceptors (Lipinski definition) is 6. The molecule has 1 spiro atoms. The van der Waals surface area contributed by atoms with Gasteiger partial charge in [0, 0.05) is 24.2 Å². The second kappa shape index (κ2) is 6.65. The second-order valence-electron chi connectivity index (χ2n) is 8.40. The van der Waals surface area contributed by atoms with Gasteiger partial charge in [0.05, 0.1) is 17.7 Å². The van der Waals surface area contributed by atoms with Crippen LogP contribution in [0, 0.1) is 0 Å². The Labute approximate surface area is 172 Å². The standard InChI is InChI=1S/C21H22N4O5/c26-15-6-5-14(18(28)23-15)25-19(29)12-3-1-4-13(17(12)20(25)30)22-11-16(27)24-10-2-7-21(24)8-9-21/h1,3-4,14,22H,2,5-11H2,(H,23,26,28). The highest BCUT2D eigenvalue weighted by molar-refractivity contribution is 6.25. The summed E-state index contributed by atoms with van der Waals surface area (Å²) in [6.45, 7) is 0.798. The molecule has 3 heterocycles. The molecule has 4 aliphatic rings. The molecule has 0 radical (unpaired) electrons. The largest absolute Gasteiger partial charge is 0.375 e. The summed E-state index contributed by atoms with van der Waals surface area (Å²) in [5.41, 5.74) is 0.814. The van der Waals surface area contributed by atoms with Gasteiger partial charge in [-0.05, 0) is 44.2 Å². The van der Waals surface area contributed by atoms with Crippen LogP contribution in [-0.2, 0) is 14.4 Å². The third-order valence-electron chi connectivity index (χ3n) is 6.62. The maximum absolute atomic E-state index is 13.1. The molecule has 9 nitrogen and oxygen atoms in total. The summed E-state index contributed by atoms with van der Waals surface area (Å²) in [5, 5.41) is 5.22. The molecule has 1 aliphatic carbocycles. The molecule has 1 saturated carbocycles. The lowest BCUT2D eigenvalue weighted by Gasteiger charge is -2.28. The number of carbonyl (C=O) groups excluding carboxylic acids is 5. The molecule has 2 saturated heterocycles. The first-order chi connectivity index (χ1) is 14.4. The van der Waals surface area contributed by atoms with E-state index in [-0.39, 0.29) is 42.0 Å². The minimum atomic E-state index is -1.01. The summed E-state index contributed by atoms with van der Waals surface area (Å²) < 4.78 is 0. The Bertz CT molecular complexity index is 999. The monoisotopic (exact) mass is 410 g/mol. The predicted octanol–water partition coefficient (Wildman–Crippen LogP) is 0.655. The summed E-state index contributed by atoms with van der Waals surface area (Å²) in [6, 6.07) is 3.82. The predicted molar refractivity (Wildman–Crippen MR) is 105 cm³/mol. The quantitative estimate of drug-likeness (QED) is 0.705. The molecule has 5 amide bonds. The van der Waals surface area contributed by atoms with Crippen molar-refractivity contribution in [3.8, 4) is 0 Å². The van der Waals surface area contributed by atoms with Gasteiger partial charge in [0.15, 0.2) is 0 Å². The molecule has 1 atom stereocenters. The van der Waals surface area contributed by atoms with Crippen LogP contribution in [0.15, 0.2) is 18.2 Å². The Morgan fingerprint density at radius 1 is 1.13 bits per heavy atom. The van der Waals surface area contributed by atoms with Gasteiger partial charge in [-0.15, -0.1) is 0 Å². The molecule has 5 rings (SSSR count). The fourth-order valence-corrected chi connectivity index (χ4v) is 4.92. The lowest BCUT2D eigenvalue weighted by atomic mass is 10.0. The van der Waals surface area contributed by atoms with Gasteiger partial charge in [-0.1, -0.05) is 6.07 Å². The number of benzene rings is 1. The molecule has 2 N–H and O–H groups in total. The number of likely N-dealkylation sites (tertiary alicyclic amines) is 1. The zero-order valence-corrected chi connectivity index (χ0v) is 16.4. The lowest BCUT2D eigenvalue weighted by Crippen LogP contribution is -2.54. The number of carbonyl (C=O) groups is 5. The second-order valence-corrected chi connectivity index (χ2v) is 8.40. The molecule has 1 unspecified atom stereocenters. The Hall–Kier alpha value is -3.23. The summed E-state index contributed by atoms with van der Waals surface area (Å²) >= 11 is 0. The van der Waals surface area contributed by atoms with E-state index in [1.165, 1.54) is 6.07 Å². The summed E-state index contributed by atoms with van der Waals surface area (Å²) in [5.74, 6) is -2.21. The number of amides is 5. The zero-order chi connectivity index (χ0) is 21.0. The van der Waals surface area contributed by atoms with Gasteiger partial charge >= 0.3 is 0 Å². The van der Waals surface area contributed by atoms with Crippen LogP contribution in [0.25, 0.3) is 0 Å². The zero-order valence-electron chi connectivity index (χ0n) is 16.4. The number of nitrogens with one attached hydrogen (secondary N) is 2. The van der Waals surface area contributed by atoms with Gasteiger partial charge in [-0.2, -0.15) is 0 Å². The van der Waals surface area contributed by atoms with Gasteiger partial charge in [-0.25, -0.2) is 0 Å². The number of nitrogens with zero attached hydrogens (tertiary/aromatic N) is 2. The van der Waals surface area contributed by atoms with E-state index in [1.807, 2.05) is 4.90 Å². The van der Waals surface area contributed by atoms with E-state index in [4.69, 9.17) is 0 Å². The molecule has 0 bridgehead atoms. The highest BCUT2D eigenvalue weighted by Gasteiger charge is 2.52. The van der Waals surface area contributed by atoms with Crippen LogP contribution in [0.5, 0.6) is 0 Å². The SMILES string of the molecule is O=C1CCC(N2C(=O)c3cccc(NCC(=O)N4CCCC45CC5)c3C2=O)C(=O)N1. The highest BCUT2D eigenvalue weighted by Crippen LogP contribution is 2.49. The number of anilines is 1. The summed E-state index contributed by atoms with van der Waals surface area (Å²) in [4.78, 5) is 65.1. The van der Waals surface area contributed by atoms with E-state index in [2.05, 4.69) is 10.6 Å². The Balaban J connectivity index is 1.35. The van der Waals surface area contributed by atoms with Gasteiger partial charge < -0.3 is 10.2 Å². The van der Waals surface area contributed by atoms with Crippen molar-refractivity contribution >= 4 is 35.2 Å². The highest BCUT2D eigenvalue weighted by atomic mass is 16.2. The minimum Gasteiger partial charge on any atom is -0.375 e.